The van der Waals surface area contributed by atoms with Gasteiger partial charge in [0.2, 0.25) is 15.9 Å². The first kappa shape index (κ1) is 21.1. The van der Waals surface area contributed by atoms with Crippen LogP contribution < -0.4 is 9.47 Å². The van der Waals surface area contributed by atoms with Crippen molar-refractivity contribution in [1.82, 2.24) is 9.21 Å². The molecule has 0 aromatic heterocycles. The Hall–Kier alpha value is -2.58. The molecule has 8 heteroatoms. The van der Waals surface area contributed by atoms with E-state index >= 15 is 0 Å². The SMILES string of the molecule is COc1ccc(OC)c(S(=O)(=O)N2CCN(C(=O)Cc3ccccc3C)CC2)c1. The molecule has 0 saturated carbocycles. The fraction of sp³-hybridized carbons (Fsp3) is 0.381. The maximum Gasteiger partial charge on any atom is 0.247 e. The van der Waals surface area contributed by atoms with Crippen molar-refractivity contribution in [2.24, 2.45) is 0 Å². The number of piperazine rings is 1. The van der Waals surface area contributed by atoms with Crippen LogP contribution in [0.5, 0.6) is 11.5 Å². The zero-order valence-corrected chi connectivity index (χ0v) is 17.7. The average molecular weight is 419 g/mol. The minimum Gasteiger partial charge on any atom is -0.497 e. The number of aryl methyl sites for hydroxylation is 1. The number of hydrogen-bond donors (Lipinski definition) is 0. The summed E-state index contributed by atoms with van der Waals surface area (Å²) in [6.45, 7) is 3.17. The van der Waals surface area contributed by atoms with Gasteiger partial charge in [-0.05, 0) is 30.2 Å². The highest BCUT2D eigenvalue weighted by molar-refractivity contribution is 7.89. The van der Waals surface area contributed by atoms with Gasteiger partial charge in [-0.15, -0.1) is 0 Å². The van der Waals surface area contributed by atoms with Crippen LogP contribution in [0.3, 0.4) is 0 Å². The van der Waals surface area contributed by atoms with Crippen molar-refractivity contribution in [3.63, 3.8) is 0 Å². The zero-order valence-electron chi connectivity index (χ0n) is 16.9. The standard InChI is InChI=1S/C21H26N2O5S/c1-16-6-4-5-7-17(16)14-21(24)22-10-12-23(13-11-22)29(25,26)20-15-18(27-2)8-9-19(20)28-3/h4-9,15H,10-14H2,1-3H3. The van der Waals surface area contributed by atoms with E-state index < -0.39 is 10.0 Å². The Morgan fingerprint density at radius 1 is 1.00 bits per heavy atom. The van der Waals surface area contributed by atoms with Crippen molar-refractivity contribution in [1.29, 1.82) is 0 Å². The predicted octanol–water partition coefficient (Wildman–Crippen LogP) is 2.09. The number of carbonyl (C=O) groups is 1. The lowest BCUT2D eigenvalue weighted by Crippen LogP contribution is -2.50. The number of sulfonamides is 1. The largest absolute Gasteiger partial charge is 0.497 e. The summed E-state index contributed by atoms with van der Waals surface area (Å²) in [6, 6.07) is 12.5. The number of rotatable bonds is 6. The fourth-order valence-electron chi connectivity index (χ4n) is 3.39. The van der Waals surface area contributed by atoms with Crippen LogP contribution in [0, 0.1) is 6.92 Å². The molecule has 0 radical (unpaired) electrons. The molecule has 156 valence electrons. The Kier molecular flexibility index (Phi) is 6.44. The molecule has 1 aliphatic rings. The van der Waals surface area contributed by atoms with Gasteiger partial charge in [0.05, 0.1) is 20.6 Å². The number of methoxy groups -OCH3 is 2. The van der Waals surface area contributed by atoms with E-state index in [0.717, 1.165) is 11.1 Å². The molecule has 1 fully saturated rings. The lowest BCUT2D eigenvalue weighted by molar-refractivity contribution is -0.131. The van der Waals surface area contributed by atoms with E-state index in [9.17, 15) is 13.2 Å². The highest BCUT2D eigenvalue weighted by Crippen LogP contribution is 2.31. The zero-order chi connectivity index (χ0) is 21.0. The van der Waals surface area contributed by atoms with Gasteiger partial charge < -0.3 is 14.4 Å². The normalized spacial score (nSPS) is 15.2. The summed E-state index contributed by atoms with van der Waals surface area (Å²) in [5, 5.41) is 0. The van der Waals surface area contributed by atoms with Crippen molar-refractivity contribution in [2.45, 2.75) is 18.2 Å². The second-order valence-electron chi connectivity index (χ2n) is 6.90. The molecule has 7 nitrogen and oxygen atoms in total. The number of carbonyl (C=O) groups excluding carboxylic acids is 1. The maximum atomic E-state index is 13.1. The molecule has 0 unspecified atom stereocenters. The summed E-state index contributed by atoms with van der Waals surface area (Å²) >= 11 is 0. The van der Waals surface area contributed by atoms with Crippen molar-refractivity contribution < 1.29 is 22.7 Å². The van der Waals surface area contributed by atoms with Crippen molar-refractivity contribution in [3.8, 4) is 11.5 Å². The molecule has 1 aliphatic heterocycles. The van der Waals surface area contributed by atoms with E-state index in [4.69, 9.17) is 9.47 Å². The summed E-state index contributed by atoms with van der Waals surface area (Å²) in [7, 11) is -0.845. The predicted molar refractivity (Wildman–Crippen MR) is 110 cm³/mol. The molecule has 0 atom stereocenters. The third-order valence-electron chi connectivity index (χ3n) is 5.18. The van der Waals surface area contributed by atoms with E-state index in [-0.39, 0.29) is 29.6 Å². The highest BCUT2D eigenvalue weighted by Gasteiger charge is 2.32. The molecular weight excluding hydrogens is 392 g/mol. The quantitative estimate of drug-likeness (QED) is 0.718. The molecule has 1 heterocycles. The molecule has 0 N–H and O–H groups in total. The van der Waals surface area contributed by atoms with E-state index in [0.29, 0.717) is 25.3 Å². The van der Waals surface area contributed by atoms with Gasteiger partial charge in [0.15, 0.2) is 0 Å². The van der Waals surface area contributed by atoms with Crippen LogP contribution in [-0.2, 0) is 21.2 Å². The van der Waals surface area contributed by atoms with Crippen LogP contribution >= 0.6 is 0 Å². The van der Waals surface area contributed by atoms with E-state index in [1.807, 2.05) is 31.2 Å². The first-order valence-corrected chi connectivity index (χ1v) is 10.8. The highest BCUT2D eigenvalue weighted by atomic mass is 32.2. The summed E-state index contributed by atoms with van der Waals surface area (Å²) < 4.78 is 38.1. The summed E-state index contributed by atoms with van der Waals surface area (Å²) in [6.07, 6.45) is 0.323. The Labute approximate surface area is 171 Å². The van der Waals surface area contributed by atoms with Gasteiger partial charge in [-0.3, -0.25) is 4.79 Å². The van der Waals surface area contributed by atoms with Crippen LogP contribution in [0.1, 0.15) is 11.1 Å². The van der Waals surface area contributed by atoms with Gasteiger partial charge in [-0.2, -0.15) is 4.31 Å². The smallest absolute Gasteiger partial charge is 0.247 e. The van der Waals surface area contributed by atoms with Crippen LogP contribution in [0.15, 0.2) is 47.4 Å². The molecular formula is C21H26N2O5S. The summed E-state index contributed by atoms with van der Waals surface area (Å²) in [5.41, 5.74) is 2.07. The van der Waals surface area contributed by atoms with Gasteiger partial charge in [0.1, 0.15) is 16.4 Å². The molecule has 29 heavy (non-hydrogen) atoms. The molecule has 3 rings (SSSR count). The monoisotopic (exact) mass is 418 g/mol. The molecule has 0 bridgehead atoms. The topological polar surface area (TPSA) is 76.2 Å². The number of ether oxygens (including phenoxy) is 2. The lowest BCUT2D eigenvalue weighted by atomic mass is 10.1. The van der Waals surface area contributed by atoms with E-state index in [1.165, 1.54) is 24.6 Å². The molecule has 1 amide bonds. The minimum absolute atomic E-state index is 0.00955. The minimum atomic E-state index is -3.76. The van der Waals surface area contributed by atoms with Gasteiger partial charge >= 0.3 is 0 Å². The Morgan fingerprint density at radius 3 is 2.31 bits per heavy atom. The second-order valence-corrected chi connectivity index (χ2v) is 8.81. The number of hydrogen-bond acceptors (Lipinski definition) is 5. The third-order valence-corrected chi connectivity index (χ3v) is 7.10. The molecule has 0 spiro atoms. The molecule has 0 aliphatic carbocycles. The second kappa shape index (κ2) is 8.84. The Balaban J connectivity index is 1.70. The lowest BCUT2D eigenvalue weighted by Gasteiger charge is -2.34. The van der Waals surface area contributed by atoms with Gasteiger partial charge in [0, 0.05) is 32.2 Å². The third kappa shape index (κ3) is 4.54. The van der Waals surface area contributed by atoms with Gasteiger partial charge in [-0.25, -0.2) is 8.42 Å². The van der Waals surface area contributed by atoms with Crippen molar-refractivity contribution in [3.05, 3.63) is 53.6 Å². The maximum absolute atomic E-state index is 13.1. The first-order valence-electron chi connectivity index (χ1n) is 9.41. The van der Waals surface area contributed by atoms with Crippen LogP contribution in [0.25, 0.3) is 0 Å². The average Bonchev–Trinajstić information content (AvgIpc) is 2.74. The number of nitrogens with zero attached hydrogens (tertiary/aromatic N) is 2. The van der Waals surface area contributed by atoms with Crippen LogP contribution in [0.4, 0.5) is 0 Å². The van der Waals surface area contributed by atoms with Crippen LogP contribution in [-0.4, -0.2) is 63.9 Å². The first-order chi connectivity index (χ1) is 13.9. The Morgan fingerprint density at radius 2 is 1.69 bits per heavy atom. The van der Waals surface area contributed by atoms with Crippen molar-refractivity contribution in [2.75, 3.05) is 40.4 Å². The van der Waals surface area contributed by atoms with Gasteiger partial charge in [0.25, 0.3) is 0 Å². The number of amides is 1. The van der Waals surface area contributed by atoms with Gasteiger partial charge in [-0.1, -0.05) is 24.3 Å². The summed E-state index contributed by atoms with van der Waals surface area (Å²) in [5.74, 6) is 0.718. The summed E-state index contributed by atoms with van der Waals surface area (Å²) in [4.78, 5) is 14.4. The molecule has 2 aromatic carbocycles. The molecule has 2 aromatic rings. The van der Waals surface area contributed by atoms with E-state index in [1.54, 1.807) is 17.0 Å². The van der Waals surface area contributed by atoms with E-state index in [2.05, 4.69) is 0 Å². The van der Waals surface area contributed by atoms with Crippen LogP contribution in [0.2, 0.25) is 0 Å². The number of benzene rings is 2. The van der Waals surface area contributed by atoms with Crippen molar-refractivity contribution >= 4 is 15.9 Å². The fourth-order valence-corrected chi connectivity index (χ4v) is 4.98. The molecule has 1 saturated heterocycles. The Bertz CT molecular complexity index is 982.